The van der Waals surface area contributed by atoms with E-state index in [0.29, 0.717) is 16.6 Å². The van der Waals surface area contributed by atoms with Gasteiger partial charge in [-0.25, -0.2) is 0 Å². The molecule has 2 rings (SSSR count). The van der Waals surface area contributed by atoms with Gasteiger partial charge in [0.1, 0.15) is 18.0 Å². The molecule has 0 saturated carbocycles. The van der Waals surface area contributed by atoms with Crippen molar-refractivity contribution in [2.45, 2.75) is 58.2 Å². The van der Waals surface area contributed by atoms with Crippen LogP contribution in [0.1, 0.15) is 47.1 Å². The zero-order chi connectivity index (χ0) is 14.9. The molecule has 0 saturated heterocycles. The van der Waals surface area contributed by atoms with Gasteiger partial charge in [-0.3, -0.25) is 0 Å². The fourth-order valence-corrected chi connectivity index (χ4v) is 8.70. The minimum Gasteiger partial charge on any atom is -0.541 e. The Bertz CT molecular complexity index is 487. The molecule has 20 heavy (non-hydrogen) atoms. The summed E-state index contributed by atoms with van der Waals surface area (Å²) >= 11 is 0. The van der Waals surface area contributed by atoms with Crippen LogP contribution < -0.4 is 9.74 Å². The molecule has 0 amide bonds. The van der Waals surface area contributed by atoms with Crippen LogP contribution in [0.5, 0.6) is 5.75 Å². The Morgan fingerprint density at radius 2 is 1.70 bits per heavy atom. The second-order valence-corrected chi connectivity index (χ2v) is 11.8. The van der Waals surface area contributed by atoms with E-state index in [1.807, 2.05) is 12.3 Å². The number of fused-ring (bicyclic) bond motifs is 1. The number of aromatic nitrogens is 1. The van der Waals surface area contributed by atoms with E-state index in [1.165, 1.54) is 0 Å². The normalized spacial score (nSPS) is 13.7. The zero-order valence-corrected chi connectivity index (χ0v) is 14.3. The SMILES string of the molecule is CC(C)[Si](Oc1cnc2c(c1)C=[C+]N2)(C(C)C)C(C)C. The largest absolute Gasteiger partial charge is 0.541 e. The Morgan fingerprint density at radius 1 is 1.10 bits per heavy atom. The van der Waals surface area contributed by atoms with Crippen molar-refractivity contribution in [3.8, 4) is 5.75 Å². The molecule has 1 N–H and O–H groups in total. The number of nitrogens with one attached hydrogen (secondary N) is 1. The van der Waals surface area contributed by atoms with Crippen LogP contribution in [0, 0.1) is 6.20 Å². The van der Waals surface area contributed by atoms with Gasteiger partial charge in [0.2, 0.25) is 0 Å². The summed E-state index contributed by atoms with van der Waals surface area (Å²) in [6, 6.07) is 2.07. The molecule has 3 nitrogen and oxygen atoms in total. The average Bonchev–Trinajstić information content (AvgIpc) is 2.81. The van der Waals surface area contributed by atoms with Crippen molar-refractivity contribution in [2.24, 2.45) is 0 Å². The van der Waals surface area contributed by atoms with Crippen molar-refractivity contribution in [1.82, 2.24) is 4.98 Å². The molecule has 1 aromatic rings. The fraction of sp³-hybridized carbons (Fsp3) is 0.562. The van der Waals surface area contributed by atoms with E-state index in [2.05, 4.69) is 64.1 Å². The van der Waals surface area contributed by atoms with E-state index in [4.69, 9.17) is 4.43 Å². The van der Waals surface area contributed by atoms with Gasteiger partial charge in [0.15, 0.2) is 5.56 Å². The number of pyridine rings is 1. The van der Waals surface area contributed by atoms with E-state index < -0.39 is 8.32 Å². The Labute approximate surface area is 123 Å². The molecule has 0 radical (unpaired) electrons. The number of nitrogens with zero attached hydrogens (tertiary/aromatic N) is 1. The molecule has 1 aliphatic heterocycles. The molecule has 0 aliphatic carbocycles. The minimum atomic E-state index is -1.90. The molecule has 2 heterocycles. The molecule has 108 valence electrons. The lowest BCUT2D eigenvalue weighted by Gasteiger charge is -2.41. The molecule has 0 unspecified atom stereocenters. The van der Waals surface area contributed by atoms with Gasteiger partial charge in [0.25, 0.3) is 14.1 Å². The molecule has 0 aromatic carbocycles. The predicted octanol–water partition coefficient (Wildman–Crippen LogP) is 4.84. The molecule has 0 fully saturated rings. The van der Waals surface area contributed by atoms with Crippen molar-refractivity contribution < 1.29 is 4.43 Å². The summed E-state index contributed by atoms with van der Waals surface area (Å²) in [5.41, 5.74) is 2.75. The topological polar surface area (TPSA) is 34.1 Å². The van der Waals surface area contributed by atoms with Crippen molar-refractivity contribution in [1.29, 1.82) is 0 Å². The molecule has 0 atom stereocenters. The van der Waals surface area contributed by atoms with Gasteiger partial charge in [-0.05, 0) is 16.6 Å². The van der Waals surface area contributed by atoms with Gasteiger partial charge in [-0.15, -0.1) is 0 Å². The Balaban J connectivity index is 2.35. The Kier molecular flexibility index (Phi) is 4.16. The summed E-state index contributed by atoms with van der Waals surface area (Å²) in [7, 11) is -1.90. The van der Waals surface area contributed by atoms with Crippen molar-refractivity contribution in [2.75, 3.05) is 5.32 Å². The monoisotopic (exact) mass is 289 g/mol. The maximum absolute atomic E-state index is 6.61. The highest BCUT2D eigenvalue weighted by Gasteiger charge is 2.47. The molecule has 4 heteroatoms. The minimum absolute atomic E-state index is 0.566. The van der Waals surface area contributed by atoms with Crippen molar-refractivity contribution in [3.63, 3.8) is 0 Å². The highest BCUT2D eigenvalue weighted by atomic mass is 28.4. The van der Waals surface area contributed by atoms with Crippen LogP contribution in [0.2, 0.25) is 16.6 Å². The van der Waals surface area contributed by atoms with Crippen molar-refractivity contribution in [3.05, 3.63) is 24.0 Å². The third-order valence-corrected chi connectivity index (χ3v) is 10.3. The van der Waals surface area contributed by atoms with E-state index in [0.717, 1.165) is 17.1 Å². The van der Waals surface area contributed by atoms with Gasteiger partial charge >= 0.3 is 0 Å². The maximum Gasteiger partial charge on any atom is 0.293 e. The van der Waals surface area contributed by atoms with Gasteiger partial charge in [-0.2, -0.15) is 10.3 Å². The molecular weight excluding hydrogens is 264 g/mol. The van der Waals surface area contributed by atoms with Crippen LogP contribution >= 0.6 is 0 Å². The summed E-state index contributed by atoms with van der Waals surface area (Å²) in [6.45, 7) is 13.8. The first-order chi connectivity index (χ1) is 9.37. The van der Waals surface area contributed by atoms with Crippen LogP contribution in [0.25, 0.3) is 6.08 Å². The average molecular weight is 289 g/mol. The lowest BCUT2D eigenvalue weighted by molar-refractivity contribution is 0.478. The maximum atomic E-state index is 6.61. The third-order valence-electron chi connectivity index (χ3n) is 4.31. The number of hydrogen-bond donors (Lipinski definition) is 1. The summed E-state index contributed by atoms with van der Waals surface area (Å²) in [5, 5.41) is 3.00. The van der Waals surface area contributed by atoms with Crippen LogP contribution in [0.15, 0.2) is 12.3 Å². The Hall–Kier alpha value is -1.38. The van der Waals surface area contributed by atoms with Crippen LogP contribution in [-0.4, -0.2) is 13.3 Å². The smallest absolute Gasteiger partial charge is 0.293 e. The highest BCUT2D eigenvalue weighted by Crippen LogP contribution is 2.43. The second-order valence-electron chi connectivity index (χ2n) is 6.44. The van der Waals surface area contributed by atoms with E-state index in [-0.39, 0.29) is 0 Å². The first kappa shape index (κ1) is 15.0. The Morgan fingerprint density at radius 3 is 2.25 bits per heavy atom. The molecule has 1 aliphatic rings. The lowest BCUT2D eigenvalue weighted by atomic mass is 10.3. The molecule has 0 spiro atoms. The van der Waals surface area contributed by atoms with E-state index in [1.54, 1.807) is 0 Å². The number of anilines is 1. The fourth-order valence-electron chi connectivity index (χ4n) is 3.47. The quantitative estimate of drug-likeness (QED) is 0.622. The highest BCUT2D eigenvalue weighted by molar-refractivity contribution is 6.78. The number of rotatable bonds is 5. The van der Waals surface area contributed by atoms with Crippen LogP contribution in [0.3, 0.4) is 0 Å². The summed E-state index contributed by atoms with van der Waals surface area (Å²) in [5.74, 6) is 1.76. The van der Waals surface area contributed by atoms with Crippen LogP contribution in [-0.2, 0) is 0 Å². The lowest BCUT2D eigenvalue weighted by Crippen LogP contribution is -2.50. The molecule has 0 bridgehead atoms. The summed E-state index contributed by atoms with van der Waals surface area (Å²) < 4.78 is 6.61. The molecular formula is C16H25N2OSi+. The van der Waals surface area contributed by atoms with Gasteiger partial charge < -0.3 is 4.43 Å². The van der Waals surface area contributed by atoms with E-state index >= 15 is 0 Å². The van der Waals surface area contributed by atoms with Crippen LogP contribution in [0.4, 0.5) is 5.82 Å². The number of hydrogen-bond acceptors (Lipinski definition) is 3. The predicted molar refractivity (Wildman–Crippen MR) is 87.2 cm³/mol. The third kappa shape index (κ3) is 2.46. The molecule has 1 aromatic heterocycles. The van der Waals surface area contributed by atoms with Gasteiger partial charge in [0.05, 0.1) is 12.3 Å². The second kappa shape index (κ2) is 5.55. The summed E-state index contributed by atoms with van der Waals surface area (Å²) in [6.07, 6.45) is 6.71. The van der Waals surface area contributed by atoms with Gasteiger partial charge in [-0.1, -0.05) is 41.5 Å². The first-order valence-corrected chi connectivity index (χ1v) is 9.55. The summed E-state index contributed by atoms with van der Waals surface area (Å²) in [4.78, 5) is 4.41. The van der Waals surface area contributed by atoms with Gasteiger partial charge in [0, 0.05) is 0 Å². The standard InChI is InChI=1S/C16H25N2OSi/c1-11(2)20(12(3)4,13(5)6)19-15-9-14-7-8-17-16(14)18-10-15/h7,9-13H,1-6H3,(H,17,18)/q+1. The van der Waals surface area contributed by atoms with E-state index in [9.17, 15) is 0 Å². The van der Waals surface area contributed by atoms with Crippen molar-refractivity contribution >= 4 is 20.2 Å². The first-order valence-electron chi connectivity index (χ1n) is 7.41. The zero-order valence-electron chi connectivity index (χ0n) is 13.3.